The van der Waals surface area contributed by atoms with Crippen LogP contribution in [0.2, 0.25) is 0 Å². The molecule has 1 aromatic carbocycles. The number of pyridine rings is 1. The summed E-state index contributed by atoms with van der Waals surface area (Å²) in [5.74, 6) is 1.24. The number of fused-ring (bicyclic) bond motifs is 1. The SMILES string of the molecule is Cc1cccc(N2CCc3nc(-c4cccc[n+]4[O-])oc3C2)c1. The van der Waals surface area contributed by atoms with Gasteiger partial charge in [0.2, 0.25) is 0 Å². The predicted molar refractivity (Wildman–Crippen MR) is 86.8 cm³/mol. The molecule has 3 heterocycles. The third-order valence-corrected chi connectivity index (χ3v) is 4.14. The second kappa shape index (κ2) is 5.43. The molecule has 5 nitrogen and oxygen atoms in total. The highest BCUT2D eigenvalue weighted by atomic mass is 16.5. The minimum Gasteiger partial charge on any atom is -0.618 e. The molecule has 0 spiro atoms. The van der Waals surface area contributed by atoms with Crippen molar-refractivity contribution in [3.05, 3.63) is 70.9 Å². The van der Waals surface area contributed by atoms with Crippen LogP contribution in [0, 0.1) is 12.1 Å². The molecule has 0 aliphatic carbocycles. The summed E-state index contributed by atoms with van der Waals surface area (Å²) in [4.78, 5) is 6.79. The van der Waals surface area contributed by atoms with E-state index in [-0.39, 0.29) is 0 Å². The first kappa shape index (κ1) is 13.8. The number of hydrogen-bond donors (Lipinski definition) is 0. The van der Waals surface area contributed by atoms with Crippen molar-refractivity contribution in [3.63, 3.8) is 0 Å². The van der Waals surface area contributed by atoms with E-state index in [0.29, 0.717) is 18.1 Å². The molecule has 0 bridgehead atoms. The lowest BCUT2D eigenvalue weighted by atomic mass is 10.1. The number of benzene rings is 1. The first-order valence-corrected chi connectivity index (χ1v) is 7.69. The lowest BCUT2D eigenvalue weighted by Crippen LogP contribution is -2.29. The Bertz CT molecular complexity index is 857. The predicted octanol–water partition coefficient (Wildman–Crippen LogP) is 2.85. The molecule has 1 aliphatic heterocycles. The molecule has 2 aromatic heterocycles. The summed E-state index contributed by atoms with van der Waals surface area (Å²) in [6.45, 7) is 3.67. The molecule has 0 saturated heterocycles. The van der Waals surface area contributed by atoms with Crippen LogP contribution in [0.15, 0.2) is 53.1 Å². The van der Waals surface area contributed by atoms with Gasteiger partial charge in [-0.05, 0) is 30.7 Å². The maximum Gasteiger partial charge on any atom is 0.294 e. The summed E-state index contributed by atoms with van der Waals surface area (Å²) >= 11 is 0. The Morgan fingerprint density at radius 3 is 2.96 bits per heavy atom. The zero-order chi connectivity index (χ0) is 15.8. The van der Waals surface area contributed by atoms with E-state index in [4.69, 9.17) is 4.42 Å². The summed E-state index contributed by atoms with van der Waals surface area (Å²) < 4.78 is 6.67. The number of hydrogen-bond acceptors (Lipinski definition) is 4. The maximum atomic E-state index is 11.9. The maximum absolute atomic E-state index is 11.9. The van der Waals surface area contributed by atoms with Crippen LogP contribution in [0.25, 0.3) is 11.6 Å². The average molecular weight is 307 g/mol. The molecule has 0 saturated carbocycles. The molecule has 0 radical (unpaired) electrons. The largest absolute Gasteiger partial charge is 0.618 e. The Kier molecular flexibility index (Phi) is 3.26. The van der Waals surface area contributed by atoms with E-state index < -0.39 is 0 Å². The molecule has 116 valence electrons. The van der Waals surface area contributed by atoms with Crippen LogP contribution < -0.4 is 9.63 Å². The summed E-state index contributed by atoms with van der Waals surface area (Å²) in [5, 5.41) is 11.9. The van der Waals surface area contributed by atoms with Crippen molar-refractivity contribution in [1.82, 2.24) is 4.98 Å². The summed E-state index contributed by atoms with van der Waals surface area (Å²) in [5.41, 5.74) is 3.83. The van der Waals surface area contributed by atoms with Crippen molar-refractivity contribution in [3.8, 4) is 11.6 Å². The third-order valence-electron chi connectivity index (χ3n) is 4.14. The lowest BCUT2D eigenvalue weighted by Gasteiger charge is -2.27. The van der Waals surface area contributed by atoms with Crippen molar-refractivity contribution in [2.45, 2.75) is 19.9 Å². The molecule has 0 fully saturated rings. The Labute approximate surface area is 134 Å². The van der Waals surface area contributed by atoms with Crippen molar-refractivity contribution in [2.75, 3.05) is 11.4 Å². The quantitative estimate of drug-likeness (QED) is 0.539. The fraction of sp³-hybridized carbons (Fsp3) is 0.222. The Hall–Kier alpha value is -2.82. The summed E-state index contributed by atoms with van der Waals surface area (Å²) in [6.07, 6.45) is 2.27. The smallest absolute Gasteiger partial charge is 0.294 e. The molecule has 0 N–H and O–H groups in total. The molecule has 4 rings (SSSR count). The van der Waals surface area contributed by atoms with Gasteiger partial charge in [-0.2, -0.15) is 4.73 Å². The molecular formula is C18H17N3O2. The van der Waals surface area contributed by atoms with Crippen LogP contribution in [0.4, 0.5) is 5.69 Å². The van der Waals surface area contributed by atoms with Crippen LogP contribution >= 0.6 is 0 Å². The molecule has 1 aliphatic rings. The molecule has 23 heavy (non-hydrogen) atoms. The number of anilines is 1. The molecule has 5 heteroatoms. The normalized spacial score (nSPS) is 13.9. The van der Waals surface area contributed by atoms with Gasteiger partial charge in [0.15, 0.2) is 6.20 Å². The van der Waals surface area contributed by atoms with Gasteiger partial charge in [-0.3, -0.25) is 0 Å². The van der Waals surface area contributed by atoms with Gasteiger partial charge in [0.25, 0.3) is 11.6 Å². The second-order valence-electron chi connectivity index (χ2n) is 5.81. The van der Waals surface area contributed by atoms with Crippen molar-refractivity contribution >= 4 is 5.69 Å². The topological polar surface area (TPSA) is 56.2 Å². The van der Waals surface area contributed by atoms with E-state index in [2.05, 4.69) is 41.1 Å². The summed E-state index contributed by atoms with van der Waals surface area (Å²) in [6, 6.07) is 13.7. The summed E-state index contributed by atoms with van der Waals surface area (Å²) in [7, 11) is 0. The van der Waals surface area contributed by atoms with Gasteiger partial charge in [-0.25, -0.2) is 4.98 Å². The van der Waals surface area contributed by atoms with E-state index in [1.54, 1.807) is 12.1 Å². The highest BCUT2D eigenvalue weighted by Gasteiger charge is 2.25. The zero-order valence-corrected chi connectivity index (χ0v) is 12.9. The van der Waals surface area contributed by atoms with E-state index in [1.165, 1.54) is 17.4 Å². The number of aromatic nitrogens is 2. The highest BCUT2D eigenvalue weighted by molar-refractivity contribution is 5.51. The minimum atomic E-state index is 0.400. The second-order valence-corrected chi connectivity index (χ2v) is 5.81. The van der Waals surface area contributed by atoms with E-state index in [1.807, 2.05) is 6.07 Å². The van der Waals surface area contributed by atoms with Crippen molar-refractivity contribution in [1.29, 1.82) is 0 Å². The molecule has 3 aromatic rings. The monoisotopic (exact) mass is 307 g/mol. The standard InChI is InChI=1S/C18H17N3O2/c1-13-5-4-6-14(11-13)20-10-8-15-17(12-20)23-18(19-15)16-7-2-3-9-21(16)22/h2-7,9,11H,8,10,12H2,1H3. The Morgan fingerprint density at radius 2 is 2.13 bits per heavy atom. The number of aryl methyl sites for hydroxylation is 1. The first-order chi connectivity index (χ1) is 11.2. The fourth-order valence-corrected chi connectivity index (χ4v) is 2.94. The molecule has 0 atom stereocenters. The molecular weight excluding hydrogens is 290 g/mol. The van der Waals surface area contributed by atoms with Crippen LogP contribution in [-0.2, 0) is 13.0 Å². The molecule has 0 unspecified atom stereocenters. The highest BCUT2D eigenvalue weighted by Crippen LogP contribution is 2.28. The minimum absolute atomic E-state index is 0.400. The van der Waals surface area contributed by atoms with Gasteiger partial charge in [0, 0.05) is 30.8 Å². The van der Waals surface area contributed by atoms with Gasteiger partial charge >= 0.3 is 0 Å². The third kappa shape index (κ3) is 2.54. The van der Waals surface area contributed by atoms with Gasteiger partial charge < -0.3 is 14.5 Å². The van der Waals surface area contributed by atoms with E-state index in [9.17, 15) is 5.21 Å². The number of nitrogens with zero attached hydrogens (tertiary/aromatic N) is 3. The number of rotatable bonds is 2. The van der Waals surface area contributed by atoms with Crippen LogP contribution in [0.5, 0.6) is 0 Å². The van der Waals surface area contributed by atoms with Crippen LogP contribution in [0.3, 0.4) is 0 Å². The van der Waals surface area contributed by atoms with Gasteiger partial charge in [0.1, 0.15) is 5.76 Å². The van der Waals surface area contributed by atoms with Crippen LogP contribution in [-0.4, -0.2) is 11.5 Å². The Morgan fingerprint density at radius 1 is 1.22 bits per heavy atom. The van der Waals surface area contributed by atoms with E-state index in [0.717, 1.165) is 29.2 Å². The zero-order valence-electron chi connectivity index (χ0n) is 12.9. The van der Waals surface area contributed by atoms with Crippen molar-refractivity contribution in [2.24, 2.45) is 0 Å². The fourth-order valence-electron chi connectivity index (χ4n) is 2.94. The average Bonchev–Trinajstić information content (AvgIpc) is 2.98. The van der Waals surface area contributed by atoms with Gasteiger partial charge in [-0.1, -0.05) is 12.1 Å². The Balaban J connectivity index is 1.65. The van der Waals surface area contributed by atoms with Crippen molar-refractivity contribution < 1.29 is 9.15 Å². The van der Waals surface area contributed by atoms with Gasteiger partial charge in [-0.15, -0.1) is 0 Å². The lowest BCUT2D eigenvalue weighted by molar-refractivity contribution is -0.594. The van der Waals surface area contributed by atoms with E-state index >= 15 is 0 Å². The van der Waals surface area contributed by atoms with Crippen LogP contribution in [0.1, 0.15) is 17.0 Å². The molecule has 0 amide bonds. The van der Waals surface area contributed by atoms with Gasteiger partial charge in [0.05, 0.1) is 12.2 Å². The number of oxazole rings is 1. The first-order valence-electron chi connectivity index (χ1n) is 7.69.